The summed E-state index contributed by atoms with van der Waals surface area (Å²) in [6.45, 7) is 9.19. The van der Waals surface area contributed by atoms with Crippen molar-refractivity contribution in [2.75, 3.05) is 24.6 Å². The fraction of sp³-hybridized carbons (Fsp3) is 0.875. The summed E-state index contributed by atoms with van der Waals surface area (Å²) >= 11 is 0. The number of hydrogen-bond donors (Lipinski definition) is 0. The van der Waals surface area contributed by atoms with E-state index < -0.39 is 7.26 Å². The van der Waals surface area contributed by atoms with Gasteiger partial charge in [-0.3, -0.25) is 0 Å². The van der Waals surface area contributed by atoms with Gasteiger partial charge in [0.1, 0.15) is 0 Å². The van der Waals surface area contributed by atoms with Gasteiger partial charge in [0.05, 0.1) is 24.6 Å². The molecule has 0 aliphatic rings. The van der Waals surface area contributed by atoms with E-state index in [2.05, 4.69) is 39.8 Å². The molecule has 0 rings (SSSR count). The summed E-state index contributed by atoms with van der Waals surface area (Å²) < 4.78 is 0. The molecule has 0 aromatic carbocycles. The minimum absolute atomic E-state index is 0. The van der Waals surface area contributed by atoms with Crippen LogP contribution in [0.2, 0.25) is 0 Å². The molecular weight excluding hydrogens is 303 g/mol. The Balaban J connectivity index is 0. The van der Waals surface area contributed by atoms with Gasteiger partial charge < -0.3 is 17.0 Å². The molecule has 0 saturated carbocycles. The first-order valence-electron chi connectivity index (χ1n) is 7.71. The molecule has 18 heavy (non-hydrogen) atoms. The zero-order valence-electron chi connectivity index (χ0n) is 13.1. The Labute approximate surface area is 127 Å². The number of allylic oxidation sites excluding steroid dienone is 2. The molecule has 0 aliphatic heterocycles. The molecule has 0 unspecified atom stereocenters. The molecule has 110 valence electrons. The number of halogens is 1. The van der Waals surface area contributed by atoms with Crippen molar-refractivity contribution in [3.8, 4) is 0 Å². The molecule has 0 N–H and O–H groups in total. The Morgan fingerprint density at radius 2 is 1.17 bits per heavy atom. The third kappa shape index (κ3) is 9.56. The summed E-state index contributed by atoms with van der Waals surface area (Å²) in [5, 5.41) is 0. The zero-order chi connectivity index (χ0) is 13.0. The van der Waals surface area contributed by atoms with E-state index in [0.717, 1.165) is 0 Å². The lowest BCUT2D eigenvalue weighted by atomic mass is 10.4. The average molecular weight is 337 g/mol. The largest absolute Gasteiger partial charge is 1.00 e. The lowest BCUT2D eigenvalue weighted by Gasteiger charge is -2.26. The SMILES string of the molecule is CC=CC[P+](CCCC)(CCCC)CCCC.[Br-]. The van der Waals surface area contributed by atoms with Gasteiger partial charge in [-0.1, -0.05) is 52.2 Å². The van der Waals surface area contributed by atoms with Crippen LogP contribution in [0.3, 0.4) is 0 Å². The van der Waals surface area contributed by atoms with Crippen LogP contribution in [0.4, 0.5) is 0 Å². The first-order valence-corrected chi connectivity index (χ1v) is 10.2. The third-order valence-electron chi connectivity index (χ3n) is 3.69. The van der Waals surface area contributed by atoms with Crippen LogP contribution in [0.5, 0.6) is 0 Å². The van der Waals surface area contributed by atoms with E-state index in [1.807, 2.05) is 0 Å². The van der Waals surface area contributed by atoms with Gasteiger partial charge >= 0.3 is 0 Å². The second kappa shape index (κ2) is 14.1. The summed E-state index contributed by atoms with van der Waals surface area (Å²) in [7, 11) is -0.649. The first-order chi connectivity index (χ1) is 8.24. The van der Waals surface area contributed by atoms with E-state index in [1.165, 1.54) is 44.7 Å². The fourth-order valence-corrected chi connectivity index (χ4v) is 7.26. The quantitative estimate of drug-likeness (QED) is 0.402. The average Bonchev–Trinajstić information content (AvgIpc) is 2.37. The second-order valence-corrected chi connectivity index (χ2v) is 9.71. The van der Waals surface area contributed by atoms with Crippen molar-refractivity contribution in [2.24, 2.45) is 0 Å². The number of unbranched alkanes of at least 4 members (excludes halogenated alkanes) is 3. The van der Waals surface area contributed by atoms with Crippen molar-refractivity contribution in [2.45, 2.75) is 66.2 Å². The van der Waals surface area contributed by atoms with Crippen LogP contribution in [-0.2, 0) is 0 Å². The van der Waals surface area contributed by atoms with Gasteiger partial charge in [0.15, 0.2) is 0 Å². The summed E-state index contributed by atoms with van der Waals surface area (Å²) in [4.78, 5) is 0. The van der Waals surface area contributed by atoms with Crippen molar-refractivity contribution in [1.29, 1.82) is 0 Å². The lowest BCUT2D eigenvalue weighted by molar-refractivity contribution is -0.00000398. The van der Waals surface area contributed by atoms with Gasteiger partial charge in [0.2, 0.25) is 0 Å². The van der Waals surface area contributed by atoms with E-state index in [1.54, 1.807) is 18.5 Å². The molecular formula is C16H34BrP. The minimum atomic E-state index is -0.649. The molecule has 0 radical (unpaired) electrons. The highest BCUT2D eigenvalue weighted by atomic mass is 79.9. The van der Waals surface area contributed by atoms with Crippen LogP contribution >= 0.6 is 7.26 Å². The van der Waals surface area contributed by atoms with Gasteiger partial charge in [-0.25, -0.2) is 0 Å². The molecule has 0 spiro atoms. The van der Waals surface area contributed by atoms with Gasteiger partial charge in [-0.15, -0.1) is 0 Å². The predicted molar refractivity (Wildman–Crippen MR) is 85.9 cm³/mol. The summed E-state index contributed by atoms with van der Waals surface area (Å²) in [5.41, 5.74) is 0. The maximum Gasteiger partial charge on any atom is 0.0773 e. The molecule has 0 aliphatic carbocycles. The van der Waals surface area contributed by atoms with E-state index in [9.17, 15) is 0 Å². The van der Waals surface area contributed by atoms with E-state index >= 15 is 0 Å². The fourth-order valence-electron chi connectivity index (χ4n) is 2.42. The molecule has 0 aromatic heterocycles. The number of hydrogen-bond acceptors (Lipinski definition) is 0. The standard InChI is InChI=1S/C16H34P.BrH/c1-5-9-13-17(14-10-6-2,15-11-7-3)16-12-8-4;/h5,9H,6-8,10-16H2,1-4H3;1H/q+1;/p-1. The molecule has 0 saturated heterocycles. The van der Waals surface area contributed by atoms with Crippen molar-refractivity contribution in [3.05, 3.63) is 12.2 Å². The first kappa shape index (κ1) is 21.0. The van der Waals surface area contributed by atoms with E-state index in [0.29, 0.717) is 0 Å². The molecule has 0 nitrogen and oxygen atoms in total. The van der Waals surface area contributed by atoms with Gasteiger partial charge in [0.25, 0.3) is 0 Å². The Hall–Kier alpha value is 0.650. The van der Waals surface area contributed by atoms with Crippen LogP contribution in [-0.4, -0.2) is 24.6 Å². The maximum atomic E-state index is 2.45. The molecule has 0 fully saturated rings. The summed E-state index contributed by atoms with van der Waals surface area (Å²) in [6.07, 6.45) is 19.3. The van der Waals surface area contributed by atoms with Crippen LogP contribution in [0.15, 0.2) is 12.2 Å². The molecule has 0 amide bonds. The highest BCUT2D eigenvalue weighted by Crippen LogP contribution is 2.60. The van der Waals surface area contributed by atoms with Gasteiger partial charge in [0, 0.05) is 7.26 Å². The van der Waals surface area contributed by atoms with Crippen molar-refractivity contribution >= 4 is 7.26 Å². The van der Waals surface area contributed by atoms with Crippen molar-refractivity contribution < 1.29 is 17.0 Å². The van der Waals surface area contributed by atoms with Crippen LogP contribution in [0.25, 0.3) is 0 Å². The number of rotatable bonds is 11. The normalized spacial score (nSPS) is 11.8. The van der Waals surface area contributed by atoms with Crippen LogP contribution in [0.1, 0.15) is 66.2 Å². The summed E-state index contributed by atoms with van der Waals surface area (Å²) in [6, 6.07) is 0. The van der Waals surface area contributed by atoms with Crippen molar-refractivity contribution in [3.63, 3.8) is 0 Å². The van der Waals surface area contributed by atoms with E-state index in [4.69, 9.17) is 0 Å². The van der Waals surface area contributed by atoms with E-state index in [-0.39, 0.29) is 17.0 Å². The highest BCUT2D eigenvalue weighted by molar-refractivity contribution is 7.76. The zero-order valence-corrected chi connectivity index (χ0v) is 15.5. The molecule has 0 atom stereocenters. The molecule has 0 aromatic rings. The van der Waals surface area contributed by atoms with Crippen LogP contribution in [0, 0.1) is 0 Å². The lowest BCUT2D eigenvalue weighted by Crippen LogP contribution is -3.00. The molecule has 2 heteroatoms. The van der Waals surface area contributed by atoms with Gasteiger partial charge in [-0.05, 0) is 26.2 Å². The summed E-state index contributed by atoms with van der Waals surface area (Å²) in [5.74, 6) is 0. The molecule has 0 heterocycles. The predicted octanol–water partition coefficient (Wildman–Crippen LogP) is 2.98. The monoisotopic (exact) mass is 336 g/mol. The topological polar surface area (TPSA) is 0 Å². The maximum absolute atomic E-state index is 2.45. The Bertz CT molecular complexity index is 168. The Kier molecular flexibility index (Phi) is 16.4. The minimum Gasteiger partial charge on any atom is -1.00 e. The smallest absolute Gasteiger partial charge is 0.0773 e. The van der Waals surface area contributed by atoms with Gasteiger partial charge in [-0.2, -0.15) is 0 Å². The molecule has 0 bridgehead atoms. The Morgan fingerprint density at radius 1 is 0.778 bits per heavy atom. The Morgan fingerprint density at radius 3 is 1.44 bits per heavy atom. The highest BCUT2D eigenvalue weighted by Gasteiger charge is 2.33. The third-order valence-corrected chi connectivity index (χ3v) is 8.47. The van der Waals surface area contributed by atoms with Crippen molar-refractivity contribution in [1.82, 2.24) is 0 Å². The van der Waals surface area contributed by atoms with Crippen LogP contribution < -0.4 is 17.0 Å². The second-order valence-electron chi connectivity index (χ2n) is 5.32.